The summed E-state index contributed by atoms with van der Waals surface area (Å²) in [6, 6.07) is 4.50. The molecule has 0 radical (unpaired) electrons. The van der Waals surface area contributed by atoms with Crippen molar-refractivity contribution in [3.63, 3.8) is 0 Å². The van der Waals surface area contributed by atoms with Gasteiger partial charge in [0.25, 0.3) is 0 Å². The lowest BCUT2D eigenvalue weighted by molar-refractivity contribution is 0.140. The van der Waals surface area contributed by atoms with Crippen LogP contribution in [0.4, 0.5) is 0 Å². The van der Waals surface area contributed by atoms with Crippen molar-refractivity contribution in [1.29, 1.82) is 0 Å². The first kappa shape index (κ1) is 14.0. The number of hydrogen-bond donors (Lipinski definition) is 1. The first-order valence-corrected chi connectivity index (χ1v) is 7.73. The molecule has 3 nitrogen and oxygen atoms in total. The Hall–Kier alpha value is -0.930. The molecule has 0 amide bonds. The van der Waals surface area contributed by atoms with E-state index in [-0.39, 0.29) is 5.41 Å². The van der Waals surface area contributed by atoms with Crippen LogP contribution >= 0.6 is 11.6 Å². The van der Waals surface area contributed by atoms with Crippen LogP contribution < -0.4 is 14.8 Å². The fourth-order valence-corrected chi connectivity index (χ4v) is 2.97. The number of hydrogen-bond acceptors (Lipinski definition) is 3. The highest BCUT2D eigenvalue weighted by molar-refractivity contribution is 6.31. The lowest BCUT2D eigenvalue weighted by Gasteiger charge is -2.19. The number of rotatable bonds is 2. The Morgan fingerprint density at radius 1 is 1.25 bits per heavy atom. The summed E-state index contributed by atoms with van der Waals surface area (Å²) in [4.78, 5) is 0. The molecule has 0 bridgehead atoms. The SMILES string of the molecule is CC1(C)COc2cc(Cl)c(CC3CCCN3)cc2OC1. The zero-order valence-corrected chi connectivity index (χ0v) is 12.9. The summed E-state index contributed by atoms with van der Waals surface area (Å²) in [5.74, 6) is 1.59. The van der Waals surface area contributed by atoms with E-state index in [2.05, 4.69) is 25.2 Å². The maximum absolute atomic E-state index is 6.40. The summed E-state index contributed by atoms with van der Waals surface area (Å²) >= 11 is 6.40. The van der Waals surface area contributed by atoms with Gasteiger partial charge in [0.2, 0.25) is 0 Å². The van der Waals surface area contributed by atoms with Crippen LogP contribution in [0.1, 0.15) is 32.3 Å². The molecular weight excluding hydrogens is 274 g/mol. The highest BCUT2D eigenvalue weighted by Crippen LogP contribution is 2.38. The second-order valence-electron chi connectivity index (χ2n) is 6.63. The van der Waals surface area contributed by atoms with Gasteiger partial charge in [0, 0.05) is 22.5 Å². The summed E-state index contributed by atoms with van der Waals surface area (Å²) in [7, 11) is 0. The number of benzene rings is 1. The van der Waals surface area contributed by atoms with Gasteiger partial charge in [0.1, 0.15) is 0 Å². The summed E-state index contributed by atoms with van der Waals surface area (Å²) in [5.41, 5.74) is 1.17. The standard InChI is InChI=1S/C16H22ClNO2/c1-16(2)9-19-14-7-11(6-12-4-3-5-18-12)13(17)8-15(14)20-10-16/h7-8,12,18H,3-6,9-10H2,1-2H3. The van der Waals surface area contributed by atoms with E-state index in [1.807, 2.05) is 6.07 Å². The van der Waals surface area contributed by atoms with E-state index >= 15 is 0 Å². The Morgan fingerprint density at radius 2 is 1.95 bits per heavy atom. The molecule has 1 atom stereocenters. The Bertz CT molecular complexity index is 495. The van der Waals surface area contributed by atoms with Gasteiger partial charge in [-0.3, -0.25) is 0 Å². The average Bonchev–Trinajstić information content (AvgIpc) is 2.85. The van der Waals surface area contributed by atoms with Crippen LogP contribution in [0, 0.1) is 5.41 Å². The average molecular weight is 296 g/mol. The predicted octanol–water partition coefficient (Wildman–Crippen LogP) is 3.43. The quantitative estimate of drug-likeness (QED) is 0.907. The molecule has 1 aromatic carbocycles. The van der Waals surface area contributed by atoms with Crippen LogP contribution in [0.25, 0.3) is 0 Å². The van der Waals surface area contributed by atoms with Crippen molar-refractivity contribution in [3.8, 4) is 11.5 Å². The largest absolute Gasteiger partial charge is 0.489 e. The number of fused-ring (bicyclic) bond motifs is 1. The van der Waals surface area contributed by atoms with Crippen LogP contribution in [0.2, 0.25) is 5.02 Å². The minimum absolute atomic E-state index is 0.0265. The van der Waals surface area contributed by atoms with Crippen molar-refractivity contribution >= 4 is 11.6 Å². The molecule has 4 heteroatoms. The molecule has 0 aliphatic carbocycles. The van der Waals surface area contributed by atoms with Crippen molar-refractivity contribution in [2.24, 2.45) is 5.41 Å². The normalized spacial score (nSPS) is 24.4. The monoisotopic (exact) mass is 295 g/mol. The van der Waals surface area contributed by atoms with Crippen molar-refractivity contribution < 1.29 is 9.47 Å². The minimum Gasteiger partial charge on any atom is -0.489 e. The minimum atomic E-state index is 0.0265. The zero-order chi connectivity index (χ0) is 14.2. The molecule has 0 aromatic heterocycles. The molecule has 2 aliphatic heterocycles. The molecule has 2 aliphatic rings. The number of halogens is 1. The number of ether oxygens (including phenoxy) is 2. The van der Waals surface area contributed by atoms with E-state index in [0.717, 1.165) is 35.1 Å². The summed E-state index contributed by atoms with van der Waals surface area (Å²) < 4.78 is 11.8. The Balaban J connectivity index is 1.82. The molecule has 1 fully saturated rings. The first-order chi connectivity index (χ1) is 9.53. The highest BCUT2D eigenvalue weighted by Gasteiger charge is 2.26. The smallest absolute Gasteiger partial charge is 0.162 e. The van der Waals surface area contributed by atoms with Gasteiger partial charge in [-0.1, -0.05) is 25.4 Å². The van der Waals surface area contributed by atoms with E-state index in [0.29, 0.717) is 19.3 Å². The van der Waals surface area contributed by atoms with Crippen molar-refractivity contribution in [1.82, 2.24) is 5.32 Å². The van der Waals surface area contributed by atoms with Crippen molar-refractivity contribution in [2.45, 2.75) is 39.2 Å². The topological polar surface area (TPSA) is 30.5 Å². The molecule has 2 heterocycles. The lowest BCUT2D eigenvalue weighted by atomic mass is 9.97. The van der Waals surface area contributed by atoms with Gasteiger partial charge in [-0.25, -0.2) is 0 Å². The summed E-state index contributed by atoms with van der Waals surface area (Å²) in [5, 5.41) is 4.29. The molecular formula is C16H22ClNO2. The van der Waals surface area contributed by atoms with E-state index in [1.54, 1.807) is 0 Å². The van der Waals surface area contributed by atoms with Crippen LogP contribution in [-0.4, -0.2) is 25.8 Å². The van der Waals surface area contributed by atoms with Gasteiger partial charge in [-0.15, -0.1) is 0 Å². The molecule has 0 saturated carbocycles. The fraction of sp³-hybridized carbons (Fsp3) is 0.625. The van der Waals surface area contributed by atoms with Crippen LogP contribution in [0.5, 0.6) is 11.5 Å². The summed E-state index contributed by atoms with van der Waals surface area (Å²) in [6.07, 6.45) is 3.43. The highest BCUT2D eigenvalue weighted by atomic mass is 35.5. The molecule has 110 valence electrons. The van der Waals surface area contributed by atoms with E-state index in [9.17, 15) is 0 Å². The second-order valence-corrected chi connectivity index (χ2v) is 7.04. The van der Waals surface area contributed by atoms with Crippen LogP contribution in [-0.2, 0) is 6.42 Å². The lowest BCUT2D eigenvalue weighted by Crippen LogP contribution is -2.26. The molecule has 1 unspecified atom stereocenters. The first-order valence-electron chi connectivity index (χ1n) is 7.35. The van der Waals surface area contributed by atoms with E-state index < -0.39 is 0 Å². The maximum Gasteiger partial charge on any atom is 0.162 e. The van der Waals surface area contributed by atoms with E-state index in [4.69, 9.17) is 21.1 Å². The van der Waals surface area contributed by atoms with Gasteiger partial charge in [-0.2, -0.15) is 0 Å². The van der Waals surface area contributed by atoms with E-state index in [1.165, 1.54) is 12.8 Å². The van der Waals surface area contributed by atoms with Crippen LogP contribution in [0.3, 0.4) is 0 Å². The third-order valence-electron chi connectivity index (χ3n) is 3.98. The van der Waals surface area contributed by atoms with Gasteiger partial charge in [0.15, 0.2) is 11.5 Å². The Morgan fingerprint density at radius 3 is 2.60 bits per heavy atom. The van der Waals surface area contributed by atoms with Gasteiger partial charge >= 0.3 is 0 Å². The molecule has 1 saturated heterocycles. The van der Waals surface area contributed by atoms with Gasteiger partial charge < -0.3 is 14.8 Å². The van der Waals surface area contributed by atoms with Gasteiger partial charge in [-0.05, 0) is 37.4 Å². The van der Waals surface area contributed by atoms with Crippen LogP contribution in [0.15, 0.2) is 12.1 Å². The molecule has 1 N–H and O–H groups in total. The Labute approximate surface area is 125 Å². The van der Waals surface area contributed by atoms with Gasteiger partial charge in [0.05, 0.1) is 13.2 Å². The third-order valence-corrected chi connectivity index (χ3v) is 4.33. The Kier molecular flexibility index (Phi) is 3.83. The summed E-state index contributed by atoms with van der Waals surface area (Å²) in [6.45, 7) is 6.72. The molecule has 0 spiro atoms. The van der Waals surface area contributed by atoms with Crippen molar-refractivity contribution in [2.75, 3.05) is 19.8 Å². The fourth-order valence-electron chi connectivity index (χ4n) is 2.74. The molecule has 20 heavy (non-hydrogen) atoms. The zero-order valence-electron chi connectivity index (χ0n) is 12.2. The van der Waals surface area contributed by atoms with Crippen molar-refractivity contribution in [3.05, 3.63) is 22.7 Å². The molecule has 3 rings (SSSR count). The predicted molar refractivity (Wildman–Crippen MR) is 81.0 cm³/mol. The number of nitrogens with one attached hydrogen (secondary N) is 1. The maximum atomic E-state index is 6.40. The second kappa shape index (κ2) is 5.45. The molecule has 1 aromatic rings. The third kappa shape index (κ3) is 3.04.